The molecule has 0 aliphatic heterocycles. The van der Waals surface area contributed by atoms with Crippen molar-refractivity contribution in [1.29, 1.82) is 0 Å². The number of amides is 2. The van der Waals surface area contributed by atoms with Crippen LogP contribution < -0.4 is 15.5 Å². The SMILES string of the molecule is CCOc1ccc(/C=N\NC(=O)CC(=O)Nc2ccc(Cl)c(Cl)c2)cc1. The Morgan fingerprint density at radius 2 is 1.81 bits per heavy atom. The van der Waals surface area contributed by atoms with Crippen molar-refractivity contribution in [2.24, 2.45) is 5.10 Å². The molecule has 0 atom stereocenters. The molecule has 0 radical (unpaired) electrons. The van der Waals surface area contributed by atoms with Gasteiger partial charge in [-0.05, 0) is 55.0 Å². The van der Waals surface area contributed by atoms with E-state index in [0.29, 0.717) is 22.3 Å². The van der Waals surface area contributed by atoms with Crippen LogP contribution in [-0.4, -0.2) is 24.6 Å². The highest BCUT2D eigenvalue weighted by atomic mass is 35.5. The van der Waals surface area contributed by atoms with Crippen molar-refractivity contribution in [3.8, 4) is 5.75 Å². The van der Waals surface area contributed by atoms with Crippen molar-refractivity contribution in [2.45, 2.75) is 13.3 Å². The summed E-state index contributed by atoms with van der Waals surface area (Å²) in [6, 6.07) is 11.9. The lowest BCUT2D eigenvalue weighted by molar-refractivity contribution is -0.126. The highest BCUT2D eigenvalue weighted by Crippen LogP contribution is 2.25. The first-order valence-corrected chi connectivity index (χ1v) is 8.53. The van der Waals surface area contributed by atoms with Crippen LogP contribution in [0.3, 0.4) is 0 Å². The lowest BCUT2D eigenvalue weighted by Gasteiger charge is -2.05. The van der Waals surface area contributed by atoms with Crippen molar-refractivity contribution in [1.82, 2.24) is 5.43 Å². The first kappa shape index (κ1) is 19.8. The number of benzene rings is 2. The second-order valence-corrected chi connectivity index (χ2v) is 5.96. The molecule has 0 spiro atoms. The molecule has 0 saturated carbocycles. The molecule has 0 fully saturated rings. The predicted molar refractivity (Wildman–Crippen MR) is 103 cm³/mol. The van der Waals surface area contributed by atoms with Crippen LogP contribution >= 0.6 is 23.2 Å². The Balaban J connectivity index is 1.80. The zero-order valence-electron chi connectivity index (χ0n) is 14.0. The minimum absolute atomic E-state index is 0.314. The Bertz CT molecular complexity index is 808. The molecule has 0 aliphatic rings. The summed E-state index contributed by atoms with van der Waals surface area (Å²) in [6.45, 7) is 2.50. The normalized spacial score (nSPS) is 10.6. The molecule has 0 heterocycles. The quantitative estimate of drug-likeness (QED) is 0.425. The van der Waals surface area contributed by atoms with Crippen LogP contribution in [0.5, 0.6) is 5.75 Å². The van der Waals surface area contributed by atoms with Gasteiger partial charge in [0.15, 0.2) is 0 Å². The van der Waals surface area contributed by atoms with Gasteiger partial charge in [0.05, 0.1) is 22.9 Å². The maximum Gasteiger partial charge on any atom is 0.249 e. The molecule has 2 N–H and O–H groups in total. The van der Waals surface area contributed by atoms with Crippen molar-refractivity contribution >= 4 is 46.9 Å². The fourth-order valence-corrected chi connectivity index (χ4v) is 2.26. The maximum atomic E-state index is 11.8. The molecule has 0 bridgehead atoms. The van der Waals surface area contributed by atoms with E-state index in [1.807, 2.05) is 6.92 Å². The summed E-state index contributed by atoms with van der Waals surface area (Å²) in [4.78, 5) is 23.6. The van der Waals surface area contributed by atoms with Crippen LogP contribution in [0.2, 0.25) is 10.0 Å². The highest BCUT2D eigenvalue weighted by molar-refractivity contribution is 6.42. The number of nitrogens with zero attached hydrogens (tertiary/aromatic N) is 1. The number of halogens is 2. The Labute approximate surface area is 161 Å². The maximum absolute atomic E-state index is 11.8. The van der Waals surface area contributed by atoms with Crippen LogP contribution in [0.4, 0.5) is 5.69 Å². The van der Waals surface area contributed by atoms with Crippen LogP contribution in [0, 0.1) is 0 Å². The van der Waals surface area contributed by atoms with Crippen LogP contribution in [0.1, 0.15) is 18.9 Å². The van der Waals surface area contributed by atoms with Gasteiger partial charge in [0.25, 0.3) is 0 Å². The van der Waals surface area contributed by atoms with Crippen molar-refractivity contribution in [2.75, 3.05) is 11.9 Å². The number of hydrogen-bond donors (Lipinski definition) is 2. The molecule has 2 rings (SSSR count). The molecule has 0 unspecified atom stereocenters. The Kier molecular flexibility index (Phi) is 7.44. The third-order valence-corrected chi connectivity index (χ3v) is 3.86. The molecular formula is C18H17Cl2N3O3. The van der Waals surface area contributed by atoms with Crippen molar-refractivity contribution in [3.63, 3.8) is 0 Å². The van der Waals surface area contributed by atoms with E-state index in [9.17, 15) is 9.59 Å². The molecule has 2 amide bonds. The van der Waals surface area contributed by atoms with E-state index >= 15 is 0 Å². The average molecular weight is 394 g/mol. The van der Waals surface area contributed by atoms with Gasteiger partial charge in [-0.15, -0.1) is 0 Å². The predicted octanol–water partition coefficient (Wildman–Crippen LogP) is 3.87. The largest absolute Gasteiger partial charge is 0.494 e. The zero-order chi connectivity index (χ0) is 18.9. The van der Waals surface area contributed by atoms with E-state index in [4.69, 9.17) is 27.9 Å². The average Bonchev–Trinajstić information content (AvgIpc) is 2.60. The summed E-state index contributed by atoms with van der Waals surface area (Å²) in [5, 5.41) is 7.07. The summed E-state index contributed by atoms with van der Waals surface area (Å²) in [5.74, 6) is -0.269. The first-order valence-electron chi connectivity index (χ1n) is 7.77. The summed E-state index contributed by atoms with van der Waals surface area (Å²) in [6.07, 6.45) is 1.10. The minimum atomic E-state index is -0.537. The summed E-state index contributed by atoms with van der Waals surface area (Å²) < 4.78 is 5.34. The smallest absolute Gasteiger partial charge is 0.249 e. The number of ether oxygens (including phenoxy) is 1. The van der Waals surface area contributed by atoms with Crippen LogP contribution in [0.25, 0.3) is 0 Å². The molecule has 136 valence electrons. The Hall–Kier alpha value is -2.57. The monoisotopic (exact) mass is 393 g/mol. The van der Waals surface area contributed by atoms with E-state index in [1.165, 1.54) is 12.3 Å². The van der Waals surface area contributed by atoms with Gasteiger partial charge in [0, 0.05) is 5.69 Å². The van der Waals surface area contributed by atoms with Gasteiger partial charge in [-0.25, -0.2) is 5.43 Å². The van der Waals surface area contributed by atoms with Gasteiger partial charge < -0.3 is 10.1 Å². The molecule has 0 aromatic heterocycles. The molecule has 26 heavy (non-hydrogen) atoms. The first-order chi connectivity index (χ1) is 12.5. The third kappa shape index (κ3) is 6.38. The molecule has 2 aromatic rings. The number of rotatable bonds is 7. The highest BCUT2D eigenvalue weighted by Gasteiger charge is 2.09. The summed E-state index contributed by atoms with van der Waals surface area (Å²) in [7, 11) is 0. The number of nitrogens with one attached hydrogen (secondary N) is 2. The van der Waals surface area contributed by atoms with Crippen molar-refractivity contribution < 1.29 is 14.3 Å². The van der Waals surface area contributed by atoms with E-state index in [2.05, 4.69) is 15.8 Å². The number of carbonyl (C=O) groups is 2. The lowest BCUT2D eigenvalue weighted by Crippen LogP contribution is -2.24. The van der Waals surface area contributed by atoms with Crippen LogP contribution in [0.15, 0.2) is 47.6 Å². The van der Waals surface area contributed by atoms with Gasteiger partial charge in [-0.3, -0.25) is 9.59 Å². The fourth-order valence-electron chi connectivity index (χ4n) is 1.96. The van der Waals surface area contributed by atoms with E-state index in [0.717, 1.165) is 11.3 Å². The summed E-state index contributed by atoms with van der Waals surface area (Å²) in [5.41, 5.74) is 3.54. The number of anilines is 1. The van der Waals surface area contributed by atoms with Gasteiger partial charge in [-0.2, -0.15) is 5.10 Å². The molecule has 8 heteroatoms. The number of hydrazone groups is 1. The Morgan fingerprint density at radius 1 is 1.08 bits per heavy atom. The topological polar surface area (TPSA) is 79.8 Å². The standard InChI is InChI=1S/C18H17Cl2N3O3/c1-2-26-14-6-3-12(4-7-14)11-21-23-18(25)10-17(24)22-13-5-8-15(19)16(20)9-13/h3-9,11H,2,10H2,1H3,(H,22,24)(H,23,25)/b21-11-. The van der Waals surface area contributed by atoms with Gasteiger partial charge >= 0.3 is 0 Å². The molecule has 2 aromatic carbocycles. The van der Waals surface area contributed by atoms with Crippen molar-refractivity contribution in [3.05, 3.63) is 58.1 Å². The fraction of sp³-hybridized carbons (Fsp3) is 0.167. The van der Waals surface area contributed by atoms with Gasteiger partial charge in [0.1, 0.15) is 12.2 Å². The number of carbonyl (C=O) groups excluding carboxylic acids is 2. The molecule has 0 aliphatic carbocycles. The van der Waals surface area contributed by atoms with E-state index < -0.39 is 11.8 Å². The lowest BCUT2D eigenvalue weighted by atomic mass is 10.2. The van der Waals surface area contributed by atoms with Crippen LogP contribution in [-0.2, 0) is 9.59 Å². The second kappa shape index (κ2) is 9.79. The summed E-state index contributed by atoms with van der Waals surface area (Å²) >= 11 is 11.7. The van der Waals surface area contributed by atoms with E-state index in [-0.39, 0.29) is 6.42 Å². The third-order valence-electron chi connectivity index (χ3n) is 3.12. The molecule has 6 nitrogen and oxygen atoms in total. The van der Waals surface area contributed by atoms with Gasteiger partial charge in [-0.1, -0.05) is 23.2 Å². The number of hydrogen-bond acceptors (Lipinski definition) is 4. The Morgan fingerprint density at radius 3 is 2.46 bits per heavy atom. The minimum Gasteiger partial charge on any atom is -0.494 e. The van der Waals surface area contributed by atoms with E-state index in [1.54, 1.807) is 36.4 Å². The second-order valence-electron chi connectivity index (χ2n) is 5.15. The zero-order valence-corrected chi connectivity index (χ0v) is 15.5. The molecular weight excluding hydrogens is 377 g/mol. The van der Waals surface area contributed by atoms with Gasteiger partial charge in [0.2, 0.25) is 11.8 Å². The molecule has 0 saturated heterocycles.